The molecule has 25 heavy (non-hydrogen) atoms. The van der Waals surface area contributed by atoms with E-state index in [-0.39, 0.29) is 11.9 Å². The van der Waals surface area contributed by atoms with Gasteiger partial charge >= 0.3 is 5.97 Å². The maximum Gasteiger partial charge on any atom is 0.341 e. The van der Waals surface area contributed by atoms with Crippen molar-refractivity contribution in [1.29, 1.82) is 0 Å². The third kappa shape index (κ3) is 3.89. The van der Waals surface area contributed by atoms with Gasteiger partial charge in [0.25, 0.3) is 5.91 Å². The first-order valence-corrected chi connectivity index (χ1v) is 10.2. The molecule has 1 aliphatic rings. The first kappa shape index (κ1) is 18.4. The second-order valence-corrected chi connectivity index (χ2v) is 7.97. The zero-order chi connectivity index (χ0) is 17.8. The number of anilines is 1. The van der Waals surface area contributed by atoms with Crippen LogP contribution >= 0.6 is 34.2 Å². The zero-order valence-corrected chi connectivity index (χ0v) is 17.0. The topological polar surface area (TPSA) is 46.6 Å². The Hall–Kier alpha value is -1.41. The van der Waals surface area contributed by atoms with Crippen molar-refractivity contribution in [2.45, 2.75) is 38.0 Å². The van der Waals surface area contributed by atoms with Crippen molar-refractivity contribution in [3.8, 4) is 0 Å². The SMILES string of the molecule is COC(=O)c1c(C2CCCCC2)csc1N(I)C(=O)c1ccccc1. The molecule has 6 heteroatoms. The molecule has 0 N–H and O–H groups in total. The molecule has 3 rings (SSSR count). The van der Waals surface area contributed by atoms with Crippen molar-refractivity contribution in [3.05, 3.63) is 52.4 Å². The predicted molar refractivity (Wildman–Crippen MR) is 109 cm³/mol. The molecule has 1 amide bonds. The predicted octanol–water partition coefficient (Wildman–Crippen LogP) is 5.58. The van der Waals surface area contributed by atoms with E-state index in [9.17, 15) is 9.59 Å². The normalized spacial score (nSPS) is 15.0. The van der Waals surface area contributed by atoms with E-state index >= 15 is 0 Å². The van der Waals surface area contributed by atoms with E-state index in [4.69, 9.17) is 4.74 Å². The fourth-order valence-corrected chi connectivity index (χ4v) is 5.22. The number of ether oxygens (including phenoxy) is 1. The van der Waals surface area contributed by atoms with Gasteiger partial charge in [-0.15, -0.1) is 11.3 Å². The van der Waals surface area contributed by atoms with Crippen LogP contribution in [-0.4, -0.2) is 19.0 Å². The van der Waals surface area contributed by atoms with Gasteiger partial charge in [0.05, 0.1) is 35.5 Å². The molecular weight excluding hydrogens is 449 g/mol. The van der Waals surface area contributed by atoms with Gasteiger partial charge in [0.15, 0.2) is 0 Å². The summed E-state index contributed by atoms with van der Waals surface area (Å²) >= 11 is 3.42. The Morgan fingerprint density at radius 2 is 1.84 bits per heavy atom. The molecule has 0 bridgehead atoms. The fraction of sp³-hybridized carbons (Fsp3) is 0.368. The number of amides is 1. The summed E-state index contributed by atoms with van der Waals surface area (Å²) in [6.45, 7) is 0. The summed E-state index contributed by atoms with van der Waals surface area (Å²) in [6.07, 6.45) is 5.81. The molecule has 1 aromatic heterocycles. The van der Waals surface area contributed by atoms with Crippen molar-refractivity contribution in [2.75, 3.05) is 10.2 Å². The number of hydrogen-bond acceptors (Lipinski definition) is 4. The van der Waals surface area contributed by atoms with Crippen LogP contribution in [0.1, 0.15) is 64.3 Å². The van der Waals surface area contributed by atoms with Gasteiger partial charge in [-0.2, -0.15) is 0 Å². The maximum atomic E-state index is 12.8. The Morgan fingerprint density at radius 1 is 1.16 bits per heavy atom. The Kier molecular flexibility index (Phi) is 6.11. The molecule has 0 atom stereocenters. The maximum absolute atomic E-state index is 12.8. The third-order valence-corrected chi connectivity index (χ3v) is 6.84. The number of esters is 1. The number of benzene rings is 1. The molecular formula is C19H20INO3S. The number of rotatable bonds is 4. The van der Waals surface area contributed by atoms with E-state index in [1.54, 1.807) is 12.1 Å². The number of halogens is 1. The van der Waals surface area contributed by atoms with Crippen LogP contribution in [-0.2, 0) is 4.74 Å². The van der Waals surface area contributed by atoms with E-state index in [0.717, 1.165) is 18.4 Å². The van der Waals surface area contributed by atoms with E-state index in [0.29, 0.717) is 22.0 Å². The first-order chi connectivity index (χ1) is 12.1. The molecule has 0 radical (unpaired) electrons. The van der Waals surface area contributed by atoms with Crippen LogP contribution in [0, 0.1) is 0 Å². The molecule has 4 nitrogen and oxygen atoms in total. The molecule has 132 valence electrons. The van der Waals surface area contributed by atoms with Crippen LogP contribution < -0.4 is 3.11 Å². The molecule has 2 aromatic rings. The largest absolute Gasteiger partial charge is 0.465 e. The van der Waals surface area contributed by atoms with Gasteiger partial charge in [0, 0.05) is 5.56 Å². The van der Waals surface area contributed by atoms with Crippen LogP contribution in [0.2, 0.25) is 0 Å². The van der Waals surface area contributed by atoms with Crippen molar-refractivity contribution in [3.63, 3.8) is 0 Å². The minimum Gasteiger partial charge on any atom is -0.465 e. The molecule has 0 spiro atoms. The van der Waals surface area contributed by atoms with Crippen molar-refractivity contribution < 1.29 is 14.3 Å². The molecule has 1 aromatic carbocycles. The summed E-state index contributed by atoms with van der Waals surface area (Å²) in [4.78, 5) is 25.2. The Bertz CT molecular complexity index is 753. The van der Waals surface area contributed by atoms with Gasteiger partial charge in [-0.1, -0.05) is 37.5 Å². The summed E-state index contributed by atoms with van der Waals surface area (Å²) in [7, 11) is 1.39. The highest BCUT2D eigenvalue weighted by Crippen LogP contribution is 2.43. The zero-order valence-electron chi connectivity index (χ0n) is 14.0. The number of thiophene rings is 1. The number of carbonyl (C=O) groups is 2. The third-order valence-electron chi connectivity index (χ3n) is 4.61. The highest BCUT2D eigenvalue weighted by Gasteiger charge is 2.30. The number of nitrogens with zero attached hydrogens (tertiary/aromatic N) is 1. The quantitative estimate of drug-likeness (QED) is 0.334. The lowest BCUT2D eigenvalue weighted by Gasteiger charge is -2.22. The van der Waals surface area contributed by atoms with E-state index < -0.39 is 0 Å². The number of methoxy groups -OCH3 is 1. The first-order valence-electron chi connectivity index (χ1n) is 8.38. The fourth-order valence-electron chi connectivity index (χ4n) is 3.31. The van der Waals surface area contributed by atoms with Crippen molar-refractivity contribution in [1.82, 2.24) is 0 Å². The highest BCUT2D eigenvalue weighted by atomic mass is 127. The highest BCUT2D eigenvalue weighted by molar-refractivity contribution is 14.1. The van der Waals surface area contributed by atoms with Gasteiger partial charge in [0.2, 0.25) is 0 Å². The van der Waals surface area contributed by atoms with Gasteiger partial charge < -0.3 is 4.74 Å². The van der Waals surface area contributed by atoms with Crippen LogP contribution in [0.5, 0.6) is 0 Å². The standard InChI is InChI=1S/C19H20INO3S/c1-24-19(23)16-15(13-8-4-2-5-9-13)12-25-18(16)21(20)17(22)14-10-6-3-7-11-14/h3,6-7,10-13H,2,4-5,8-9H2,1H3. The summed E-state index contributed by atoms with van der Waals surface area (Å²) < 4.78 is 6.57. The molecule has 0 aliphatic heterocycles. The molecule has 1 fully saturated rings. The summed E-state index contributed by atoms with van der Waals surface area (Å²) in [5, 5.41) is 2.68. The lowest BCUT2D eigenvalue weighted by molar-refractivity contribution is 0.0600. The average molecular weight is 469 g/mol. The second kappa shape index (κ2) is 8.31. The second-order valence-electron chi connectivity index (χ2n) is 6.15. The lowest BCUT2D eigenvalue weighted by Crippen LogP contribution is -2.22. The van der Waals surface area contributed by atoms with Crippen LogP contribution in [0.15, 0.2) is 35.7 Å². The average Bonchev–Trinajstić information content (AvgIpc) is 3.12. The minimum atomic E-state index is -0.362. The molecule has 1 aliphatic carbocycles. The van der Waals surface area contributed by atoms with E-state index in [1.807, 2.05) is 46.4 Å². The van der Waals surface area contributed by atoms with Crippen LogP contribution in [0.4, 0.5) is 5.00 Å². The Labute approximate surface area is 165 Å². The van der Waals surface area contributed by atoms with Crippen molar-refractivity contribution in [2.24, 2.45) is 0 Å². The van der Waals surface area contributed by atoms with Gasteiger partial charge in [-0.05, 0) is 41.8 Å². The lowest BCUT2D eigenvalue weighted by atomic mass is 9.83. The number of hydrogen-bond donors (Lipinski definition) is 0. The van der Waals surface area contributed by atoms with Crippen molar-refractivity contribution >= 4 is 51.1 Å². The van der Waals surface area contributed by atoms with Gasteiger partial charge in [0.1, 0.15) is 5.00 Å². The van der Waals surface area contributed by atoms with Crippen LogP contribution in [0.3, 0.4) is 0 Å². The van der Waals surface area contributed by atoms with Crippen LogP contribution in [0.25, 0.3) is 0 Å². The molecule has 0 unspecified atom stereocenters. The molecule has 1 heterocycles. The summed E-state index contributed by atoms with van der Waals surface area (Å²) in [6, 6.07) is 9.10. The summed E-state index contributed by atoms with van der Waals surface area (Å²) in [5.41, 5.74) is 2.19. The smallest absolute Gasteiger partial charge is 0.341 e. The van der Waals surface area contributed by atoms with Gasteiger partial charge in [-0.3, -0.25) is 4.79 Å². The monoisotopic (exact) mass is 469 g/mol. The minimum absolute atomic E-state index is 0.136. The number of carbonyl (C=O) groups excluding carboxylic acids is 2. The summed E-state index contributed by atoms with van der Waals surface area (Å²) in [5.74, 6) is -0.118. The Balaban J connectivity index is 1.96. The van der Waals surface area contributed by atoms with Gasteiger partial charge in [-0.25, -0.2) is 7.91 Å². The van der Waals surface area contributed by atoms with E-state index in [2.05, 4.69) is 0 Å². The molecule has 0 saturated heterocycles. The molecule has 1 saturated carbocycles. The van der Waals surface area contributed by atoms with E-state index in [1.165, 1.54) is 40.8 Å². The Morgan fingerprint density at radius 3 is 2.48 bits per heavy atom.